The second-order valence-electron chi connectivity index (χ2n) is 4.97. The van der Waals surface area contributed by atoms with E-state index in [1.54, 1.807) is 12.0 Å². The average molecular weight is 285 g/mol. The molecule has 3 amide bonds. The second kappa shape index (κ2) is 6.08. The Morgan fingerprint density at radius 2 is 2.20 bits per heavy atom. The fourth-order valence-electron chi connectivity index (χ4n) is 2.59. The number of amides is 3. The molecule has 2 aliphatic heterocycles. The molecule has 0 saturated carbocycles. The van der Waals surface area contributed by atoms with Gasteiger partial charge in [0.05, 0.1) is 12.5 Å². The Morgan fingerprint density at radius 1 is 1.45 bits per heavy atom. The minimum atomic E-state index is -1.10. The van der Waals surface area contributed by atoms with Crippen molar-refractivity contribution in [3.05, 3.63) is 0 Å². The van der Waals surface area contributed by atoms with Gasteiger partial charge < -0.3 is 25.0 Å². The largest absolute Gasteiger partial charge is 0.481 e. The van der Waals surface area contributed by atoms with E-state index in [0.29, 0.717) is 26.2 Å². The molecule has 20 heavy (non-hydrogen) atoms. The number of rotatable bonds is 3. The monoisotopic (exact) mass is 285 g/mol. The molecular formula is C12H19N3O5. The van der Waals surface area contributed by atoms with Crippen LogP contribution in [0.3, 0.4) is 0 Å². The smallest absolute Gasteiger partial charge is 0.320 e. The van der Waals surface area contributed by atoms with Crippen molar-refractivity contribution < 1.29 is 24.2 Å². The van der Waals surface area contributed by atoms with Gasteiger partial charge in [-0.15, -0.1) is 0 Å². The number of hydrogen-bond acceptors (Lipinski definition) is 4. The van der Waals surface area contributed by atoms with Crippen LogP contribution in [0.4, 0.5) is 4.79 Å². The molecule has 0 aromatic carbocycles. The summed E-state index contributed by atoms with van der Waals surface area (Å²) in [6, 6.07) is -1.22. The van der Waals surface area contributed by atoms with Gasteiger partial charge in [-0.2, -0.15) is 0 Å². The summed E-state index contributed by atoms with van der Waals surface area (Å²) < 4.78 is 5.21. The van der Waals surface area contributed by atoms with E-state index in [2.05, 4.69) is 5.32 Å². The number of carbonyl (C=O) groups excluding carboxylic acids is 2. The topological polar surface area (TPSA) is 99.2 Å². The van der Waals surface area contributed by atoms with Crippen molar-refractivity contribution in [2.75, 3.05) is 33.3 Å². The lowest BCUT2D eigenvalue weighted by atomic mass is 10.1. The van der Waals surface area contributed by atoms with E-state index >= 15 is 0 Å². The van der Waals surface area contributed by atoms with Crippen LogP contribution in [0, 0.1) is 0 Å². The van der Waals surface area contributed by atoms with Crippen LogP contribution < -0.4 is 5.32 Å². The van der Waals surface area contributed by atoms with Crippen molar-refractivity contribution in [3.63, 3.8) is 0 Å². The third-order valence-electron chi connectivity index (χ3n) is 3.69. The second-order valence-corrected chi connectivity index (χ2v) is 4.97. The number of ether oxygens (including phenoxy) is 1. The Kier molecular flexibility index (Phi) is 4.43. The lowest BCUT2D eigenvalue weighted by Gasteiger charge is -2.36. The Hall–Kier alpha value is -1.83. The van der Waals surface area contributed by atoms with E-state index < -0.39 is 17.9 Å². The third-order valence-corrected chi connectivity index (χ3v) is 3.69. The molecule has 2 unspecified atom stereocenters. The highest BCUT2D eigenvalue weighted by Gasteiger charge is 2.38. The van der Waals surface area contributed by atoms with E-state index in [9.17, 15) is 14.4 Å². The van der Waals surface area contributed by atoms with E-state index in [-0.39, 0.29) is 18.6 Å². The number of nitrogens with one attached hydrogen (secondary N) is 1. The van der Waals surface area contributed by atoms with Crippen molar-refractivity contribution in [1.29, 1.82) is 0 Å². The van der Waals surface area contributed by atoms with Crippen LogP contribution in [0.15, 0.2) is 0 Å². The molecule has 0 aromatic rings. The van der Waals surface area contributed by atoms with Crippen molar-refractivity contribution in [1.82, 2.24) is 15.1 Å². The van der Waals surface area contributed by atoms with Gasteiger partial charge in [0, 0.05) is 33.3 Å². The Labute approximate surface area is 116 Å². The number of urea groups is 1. The maximum Gasteiger partial charge on any atom is 0.320 e. The first-order chi connectivity index (χ1) is 9.52. The molecule has 0 radical (unpaired) electrons. The van der Waals surface area contributed by atoms with Gasteiger partial charge in [0.15, 0.2) is 0 Å². The summed E-state index contributed by atoms with van der Waals surface area (Å²) in [5.74, 6) is -1.50. The summed E-state index contributed by atoms with van der Waals surface area (Å²) in [7, 11) is 1.60. The van der Waals surface area contributed by atoms with Crippen LogP contribution in [0.1, 0.15) is 12.8 Å². The first-order valence-corrected chi connectivity index (χ1v) is 6.60. The molecule has 2 fully saturated rings. The molecule has 2 aliphatic rings. The van der Waals surface area contributed by atoms with E-state index in [1.165, 1.54) is 4.90 Å². The van der Waals surface area contributed by atoms with Crippen LogP contribution in [0.5, 0.6) is 0 Å². The van der Waals surface area contributed by atoms with Gasteiger partial charge in [0.25, 0.3) is 0 Å². The molecule has 2 heterocycles. The fourth-order valence-corrected chi connectivity index (χ4v) is 2.59. The van der Waals surface area contributed by atoms with Crippen LogP contribution >= 0.6 is 0 Å². The number of methoxy groups -OCH3 is 1. The molecule has 0 spiro atoms. The molecule has 2 rings (SSSR count). The molecule has 2 atom stereocenters. The number of aliphatic carboxylic acids is 1. The zero-order valence-corrected chi connectivity index (χ0v) is 11.4. The number of likely N-dealkylation sites (tertiary alicyclic amines) is 1. The zero-order chi connectivity index (χ0) is 14.7. The molecule has 8 nitrogen and oxygen atoms in total. The summed E-state index contributed by atoms with van der Waals surface area (Å²) in [5, 5.41) is 11.5. The van der Waals surface area contributed by atoms with Crippen molar-refractivity contribution in [2.24, 2.45) is 0 Å². The molecular weight excluding hydrogens is 266 g/mol. The van der Waals surface area contributed by atoms with Crippen LogP contribution in [0.2, 0.25) is 0 Å². The average Bonchev–Trinajstić information content (AvgIpc) is 2.88. The highest BCUT2D eigenvalue weighted by atomic mass is 16.5. The van der Waals surface area contributed by atoms with Crippen molar-refractivity contribution in [2.45, 2.75) is 25.0 Å². The number of carboxylic acid groups (broad SMARTS) is 1. The summed E-state index contributed by atoms with van der Waals surface area (Å²) in [6.07, 6.45) is 0.390. The number of piperazine rings is 1. The fraction of sp³-hybridized carbons (Fsp3) is 0.750. The highest BCUT2D eigenvalue weighted by molar-refractivity contribution is 5.91. The summed E-state index contributed by atoms with van der Waals surface area (Å²) >= 11 is 0. The van der Waals surface area contributed by atoms with Crippen LogP contribution in [0.25, 0.3) is 0 Å². The summed E-state index contributed by atoms with van der Waals surface area (Å²) in [4.78, 5) is 38.0. The zero-order valence-electron chi connectivity index (χ0n) is 11.4. The predicted molar refractivity (Wildman–Crippen MR) is 68.1 cm³/mol. The molecule has 2 N–H and O–H groups in total. The van der Waals surface area contributed by atoms with Gasteiger partial charge in [-0.25, -0.2) is 4.79 Å². The Morgan fingerprint density at radius 3 is 2.80 bits per heavy atom. The van der Waals surface area contributed by atoms with Crippen LogP contribution in [-0.2, 0) is 14.3 Å². The molecule has 112 valence electrons. The molecule has 0 bridgehead atoms. The normalized spacial score (nSPS) is 26.6. The minimum Gasteiger partial charge on any atom is -0.481 e. The number of hydrogen-bond donors (Lipinski definition) is 2. The molecule has 0 aliphatic carbocycles. The summed E-state index contributed by atoms with van der Waals surface area (Å²) in [5.41, 5.74) is 0. The van der Waals surface area contributed by atoms with Crippen molar-refractivity contribution in [3.8, 4) is 0 Å². The molecule has 8 heteroatoms. The lowest BCUT2D eigenvalue weighted by Crippen LogP contribution is -2.60. The molecule has 2 saturated heterocycles. The van der Waals surface area contributed by atoms with Gasteiger partial charge in [-0.05, 0) is 6.42 Å². The maximum absolute atomic E-state index is 12.4. The highest BCUT2D eigenvalue weighted by Crippen LogP contribution is 2.17. The third kappa shape index (κ3) is 3.01. The Balaban J connectivity index is 2.06. The van der Waals surface area contributed by atoms with Gasteiger partial charge >= 0.3 is 12.0 Å². The van der Waals surface area contributed by atoms with E-state index in [4.69, 9.17) is 9.84 Å². The minimum absolute atomic E-state index is 0.00971. The quantitative estimate of drug-likeness (QED) is 0.700. The van der Waals surface area contributed by atoms with E-state index in [1.807, 2.05) is 0 Å². The van der Waals surface area contributed by atoms with Crippen LogP contribution in [-0.4, -0.2) is 78.2 Å². The first kappa shape index (κ1) is 14.6. The standard InChI is InChI=1S/C12H19N3O5/c1-20-8-2-4-14(7-8)12(19)15-5-3-13-11(18)9(15)6-10(16)17/h8-9H,2-7H2,1H3,(H,13,18)(H,16,17). The number of nitrogens with zero attached hydrogens (tertiary/aromatic N) is 2. The van der Waals surface area contributed by atoms with E-state index in [0.717, 1.165) is 6.42 Å². The van der Waals surface area contributed by atoms with Gasteiger partial charge in [-0.1, -0.05) is 0 Å². The first-order valence-electron chi connectivity index (χ1n) is 6.60. The predicted octanol–water partition coefficient (Wildman–Crippen LogP) is -0.898. The summed E-state index contributed by atoms with van der Waals surface area (Å²) in [6.45, 7) is 1.72. The Bertz CT molecular complexity index is 414. The maximum atomic E-state index is 12.4. The van der Waals surface area contributed by atoms with Gasteiger partial charge in [0.2, 0.25) is 5.91 Å². The van der Waals surface area contributed by atoms with Crippen molar-refractivity contribution >= 4 is 17.9 Å². The number of carboxylic acids is 1. The van der Waals surface area contributed by atoms with Gasteiger partial charge in [-0.3, -0.25) is 9.59 Å². The van der Waals surface area contributed by atoms with Gasteiger partial charge in [0.1, 0.15) is 6.04 Å². The SMILES string of the molecule is COC1CCN(C(=O)N2CCNC(=O)C2CC(=O)O)C1. The molecule has 0 aromatic heterocycles. The number of carbonyl (C=O) groups is 3. The lowest BCUT2D eigenvalue weighted by molar-refractivity contribution is -0.142.